The lowest BCUT2D eigenvalue weighted by atomic mass is 10.1. The Morgan fingerprint density at radius 1 is 1.37 bits per heavy atom. The summed E-state index contributed by atoms with van der Waals surface area (Å²) in [7, 11) is 0. The molecule has 0 aliphatic heterocycles. The number of nitrogens with zero attached hydrogens (tertiary/aromatic N) is 5. The Labute approximate surface area is 154 Å². The molecule has 0 fully saturated rings. The van der Waals surface area contributed by atoms with E-state index in [1.807, 2.05) is 6.92 Å². The van der Waals surface area contributed by atoms with E-state index < -0.39 is 10.8 Å². The van der Waals surface area contributed by atoms with Crippen LogP contribution in [0.3, 0.4) is 0 Å². The molecule has 3 aromatic rings. The van der Waals surface area contributed by atoms with Gasteiger partial charge in [0.25, 0.3) is 11.6 Å². The van der Waals surface area contributed by atoms with Gasteiger partial charge in [0.2, 0.25) is 5.88 Å². The molecule has 0 spiro atoms. The Morgan fingerprint density at radius 2 is 2.22 bits per heavy atom. The number of pyridine rings is 1. The molecule has 0 aliphatic rings. The molecule has 10 nitrogen and oxygen atoms in total. The fraction of sp³-hybridized carbons (Fsp3) is 0.176. The minimum atomic E-state index is -0.567. The lowest BCUT2D eigenvalue weighted by Gasteiger charge is -2.10. The van der Waals surface area contributed by atoms with Gasteiger partial charge in [-0.15, -0.1) is 0 Å². The average molecular weight is 368 g/mol. The molecule has 0 aliphatic carbocycles. The highest BCUT2D eigenvalue weighted by atomic mass is 16.6. The molecule has 10 heteroatoms. The van der Waals surface area contributed by atoms with E-state index in [9.17, 15) is 14.9 Å². The number of carbonyl (C=O) groups is 1. The van der Waals surface area contributed by atoms with E-state index in [0.717, 1.165) is 0 Å². The first-order valence-electron chi connectivity index (χ1n) is 8.08. The number of ether oxygens (including phenoxy) is 1. The summed E-state index contributed by atoms with van der Waals surface area (Å²) in [6.45, 7) is 2.47. The first kappa shape index (κ1) is 18.0. The maximum atomic E-state index is 12.4. The van der Waals surface area contributed by atoms with Crippen LogP contribution in [0, 0.1) is 10.1 Å². The van der Waals surface area contributed by atoms with Crippen LogP contribution >= 0.6 is 0 Å². The second-order valence-corrected chi connectivity index (χ2v) is 5.38. The highest BCUT2D eigenvalue weighted by molar-refractivity contribution is 5.95. The average Bonchev–Trinajstić information content (AvgIpc) is 3.21. The first-order valence-corrected chi connectivity index (χ1v) is 8.08. The third kappa shape index (κ3) is 4.06. The van der Waals surface area contributed by atoms with Crippen molar-refractivity contribution in [2.75, 3.05) is 6.61 Å². The van der Waals surface area contributed by atoms with Crippen LogP contribution in [-0.4, -0.2) is 37.2 Å². The Kier molecular flexibility index (Phi) is 5.36. The van der Waals surface area contributed by atoms with Crippen molar-refractivity contribution in [3.05, 3.63) is 70.4 Å². The molecule has 2 aromatic heterocycles. The molecule has 0 unspecified atom stereocenters. The summed E-state index contributed by atoms with van der Waals surface area (Å²) in [4.78, 5) is 31.1. The van der Waals surface area contributed by atoms with Crippen molar-refractivity contribution in [2.24, 2.45) is 0 Å². The van der Waals surface area contributed by atoms with Crippen molar-refractivity contribution < 1.29 is 14.5 Å². The Hall–Kier alpha value is -3.82. The summed E-state index contributed by atoms with van der Waals surface area (Å²) >= 11 is 0. The molecule has 3 rings (SSSR count). The monoisotopic (exact) mass is 368 g/mol. The first-order chi connectivity index (χ1) is 13.1. The van der Waals surface area contributed by atoms with Gasteiger partial charge in [-0.2, -0.15) is 5.10 Å². The maximum Gasteiger partial charge on any atom is 0.295 e. The zero-order valence-corrected chi connectivity index (χ0v) is 14.4. The molecule has 1 aromatic carbocycles. The Balaban J connectivity index is 1.79. The van der Waals surface area contributed by atoms with E-state index >= 15 is 0 Å². The zero-order valence-electron chi connectivity index (χ0n) is 14.4. The summed E-state index contributed by atoms with van der Waals surface area (Å²) in [5.74, 6) is -0.0117. The van der Waals surface area contributed by atoms with E-state index in [2.05, 4.69) is 20.4 Å². The second-order valence-electron chi connectivity index (χ2n) is 5.38. The molecule has 27 heavy (non-hydrogen) atoms. The van der Waals surface area contributed by atoms with Gasteiger partial charge in [-0.3, -0.25) is 14.9 Å². The van der Waals surface area contributed by atoms with Gasteiger partial charge in [0.05, 0.1) is 11.5 Å². The molecule has 0 saturated heterocycles. The lowest BCUT2D eigenvalue weighted by Crippen LogP contribution is -2.23. The number of hydrogen-bond acceptors (Lipinski definition) is 7. The molecule has 0 saturated carbocycles. The Morgan fingerprint density at radius 3 is 2.93 bits per heavy atom. The Bertz CT molecular complexity index is 958. The molecule has 0 bridgehead atoms. The number of aromatic nitrogens is 4. The van der Waals surface area contributed by atoms with Crippen LogP contribution in [-0.2, 0) is 6.54 Å². The van der Waals surface area contributed by atoms with Gasteiger partial charge in [-0.1, -0.05) is 6.07 Å². The highest BCUT2D eigenvalue weighted by Crippen LogP contribution is 2.23. The standard InChI is InChI=1S/C17H16N6O4/c1-2-27-17-13(4-3-7-19-17)9-20-16(24)12-5-6-14(15(8-12)23(25)26)22-11-18-10-21-22/h3-8,10-11H,2,9H2,1H3,(H,20,24). The van der Waals surface area contributed by atoms with E-state index in [1.165, 1.54) is 35.5 Å². The minimum absolute atomic E-state index is 0.160. The van der Waals surface area contributed by atoms with Crippen LogP contribution < -0.4 is 10.1 Å². The largest absolute Gasteiger partial charge is 0.478 e. The van der Waals surface area contributed by atoms with Crippen molar-refractivity contribution >= 4 is 11.6 Å². The summed E-state index contributed by atoms with van der Waals surface area (Å²) in [6, 6.07) is 7.68. The number of rotatable bonds is 7. The summed E-state index contributed by atoms with van der Waals surface area (Å²) in [5.41, 5.74) is 0.846. The van der Waals surface area contributed by atoms with Crippen molar-refractivity contribution in [1.82, 2.24) is 25.1 Å². The molecular formula is C17H16N6O4. The fourth-order valence-corrected chi connectivity index (χ4v) is 2.44. The molecule has 0 radical (unpaired) electrons. The van der Waals surface area contributed by atoms with Gasteiger partial charge in [0.1, 0.15) is 18.3 Å². The predicted octanol–water partition coefficient (Wildman–Crippen LogP) is 1.90. The second kappa shape index (κ2) is 8.04. The number of hydrogen-bond donors (Lipinski definition) is 1. The van der Waals surface area contributed by atoms with Crippen molar-refractivity contribution in [3.8, 4) is 11.6 Å². The van der Waals surface area contributed by atoms with Gasteiger partial charge in [0, 0.05) is 29.9 Å². The van der Waals surface area contributed by atoms with E-state index in [0.29, 0.717) is 18.1 Å². The predicted molar refractivity (Wildman–Crippen MR) is 94.6 cm³/mol. The van der Waals surface area contributed by atoms with Gasteiger partial charge >= 0.3 is 0 Å². The molecule has 1 N–H and O–H groups in total. The van der Waals surface area contributed by atoms with E-state index in [4.69, 9.17) is 4.74 Å². The van der Waals surface area contributed by atoms with Gasteiger partial charge in [-0.25, -0.2) is 14.6 Å². The molecule has 2 heterocycles. The zero-order chi connectivity index (χ0) is 19.2. The molecule has 0 atom stereocenters. The summed E-state index contributed by atoms with van der Waals surface area (Å²) in [6.07, 6.45) is 4.22. The number of amides is 1. The van der Waals surface area contributed by atoms with Crippen LogP contribution in [0.2, 0.25) is 0 Å². The SMILES string of the molecule is CCOc1ncccc1CNC(=O)c1ccc(-n2cncn2)c([N+](=O)[O-])c1. The highest BCUT2D eigenvalue weighted by Gasteiger charge is 2.19. The fourth-order valence-electron chi connectivity index (χ4n) is 2.44. The van der Waals surface area contributed by atoms with Gasteiger partial charge in [0.15, 0.2) is 0 Å². The minimum Gasteiger partial charge on any atom is -0.478 e. The number of nitro groups is 1. The third-order valence-electron chi connectivity index (χ3n) is 3.67. The number of carbonyl (C=O) groups excluding carboxylic acids is 1. The van der Waals surface area contributed by atoms with Gasteiger partial charge in [-0.05, 0) is 25.1 Å². The molecular weight excluding hydrogens is 352 g/mol. The maximum absolute atomic E-state index is 12.4. The molecule has 1 amide bonds. The quantitative estimate of drug-likeness (QED) is 0.498. The lowest BCUT2D eigenvalue weighted by molar-refractivity contribution is -0.384. The van der Waals surface area contributed by atoms with Crippen molar-refractivity contribution in [2.45, 2.75) is 13.5 Å². The smallest absolute Gasteiger partial charge is 0.295 e. The van der Waals surface area contributed by atoms with E-state index in [1.54, 1.807) is 18.3 Å². The van der Waals surface area contributed by atoms with Crippen LogP contribution in [0.1, 0.15) is 22.8 Å². The number of nitrogens with one attached hydrogen (secondary N) is 1. The number of benzene rings is 1. The summed E-state index contributed by atoms with van der Waals surface area (Å²) < 4.78 is 6.68. The van der Waals surface area contributed by atoms with Crippen LogP contribution in [0.25, 0.3) is 5.69 Å². The van der Waals surface area contributed by atoms with E-state index in [-0.39, 0.29) is 23.5 Å². The van der Waals surface area contributed by atoms with Gasteiger partial charge < -0.3 is 10.1 Å². The van der Waals surface area contributed by atoms with Crippen LogP contribution in [0.5, 0.6) is 5.88 Å². The summed E-state index contributed by atoms with van der Waals surface area (Å²) in [5, 5.41) is 18.0. The normalized spacial score (nSPS) is 10.4. The van der Waals surface area contributed by atoms with Crippen molar-refractivity contribution in [3.63, 3.8) is 0 Å². The third-order valence-corrected chi connectivity index (χ3v) is 3.67. The molecule has 138 valence electrons. The van der Waals surface area contributed by atoms with Crippen LogP contribution in [0.4, 0.5) is 5.69 Å². The number of nitro benzene ring substituents is 1. The topological polar surface area (TPSA) is 125 Å². The van der Waals surface area contributed by atoms with Crippen molar-refractivity contribution in [1.29, 1.82) is 0 Å². The van der Waals surface area contributed by atoms with Crippen LogP contribution in [0.15, 0.2) is 49.2 Å².